The van der Waals surface area contributed by atoms with Crippen LogP contribution in [0.3, 0.4) is 0 Å². The third-order valence-electron chi connectivity index (χ3n) is 2.09. The first-order valence-corrected chi connectivity index (χ1v) is 5.75. The van der Waals surface area contributed by atoms with Crippen molar-refractivity contribution in [3.05, 3.63) is 23.8 Å². The summed E-state index contributed by atoms with van der Waals surface area (Å²) in [5.74, 6) is -0.730. The molecule has 0 spiro atoms. The topological polar surface area (TPSA) is 18.5 Å². The summed E-state index contributed by atoms with van der Waals surface area (Å²) < 4.78 is 68.9. The molecule has 8 heteroatoms. The van der Waals surface area contributed by atoms with E-state index in [2.05, 4.69) is 9.47 Å². The molecular weight excluding hydrogens is 295 g/mol. The Morgan fingerprint density at radius 1 is 1.16 bits per heavy atom. The number of benzene rings is 1. The minimum absolute atomic E-state index is 0.0395. The van der Waals surface area contributed by atoms with Gasteiger partial charge in [-0.3, -0.25) is 0 Å². The molecule has 0 aromatic heterocycles. The monoisotopic (exact) mass is 304 g/mol. The summed E-state index contributed by atoms with van der Waals surface area (Å²) in [5.41, 5.74) is -0.0826. The fourth-order valence-electron chi connectivity index (χ4n) is 1.46. The predicted octanol–water partition coefficient (Wildman–Crippen LogP) is 4.36. The third kappa shape index (κ3) is 5.50. The van der Waals surface area contributed by atoms with Crippen molar-refractivity contribution >= 4 is 11.6 Å². The van der Waals surface area contributed by atoms with Gasteiger partial charge in [-0.05, 0) is 25.0 Å². The molecule has 0 unspecified atom stereocenters. The standard InChI is InChI=1S/C11H10ClF5O2/c12-6-2-3-7-8(18-10(13)14)4-1-5-9(7)19-11(15,16)17/h1,4-5,10H,2-3,6H2. The lowest BCUT2D eigenvalue weighted by atomic mass is 10.1. The van der Waals surface area contributed by atoms with Gasteiger partial charge in [0.25, 0.3) is 0 Å². The molecule has 1 aromatic rings. The van der Waals surface area contributed by atoms with Crippen LogP contribution in [0.25, 0.3) is 0 Å². The molecule has 0 bridgehead atoms. The Morgan fingerprint density at radius 2 is 1.79 bits per heavy atom. The van der Waals surface area contributed by atoms with Crippen LogP contribution in [-0.4, -0.2) is 18.9 Å². The van der Waals surface area contributed by atoms with Crippen LogP contribution in [0.2, 0.25) is 0 Å². The lowest BCUT2D eigenvalue weighted by Crippen LogP contribution is -2.18. The van der Waals surface area contributed by atoms with E-state index in [4.69, 9.17) is 11.6 Å². The highest BCUT2D eigenvalue weighted by Crippen LogP contribution is 2.34. The molecule has 0 aliphatic carbocycles. The Morgan fingerprint density at radius 3 is 2.32 bits per heavy atom. The Kier molecular flexibility index (Phi) is 5.65. The number of halogens is 6. The molecule has 0 amide bonds. The molecule has 0 aliphatic rings. The van der Waals surface area contributed by atoms with Gasteiger partial charge in [-0.2, -0.15) is 8.78 Å². The summed E-state index contributed by atoms with van der Waals surface area (Å²) >= 11 is 5.44. The van der Waals surface area contributed by atoms with Gasteiger partial charge in [-0.15, -0.1) is 24.8 Å². The maximum absolute atomic E-state index is 12.2. The van der Waals surface area contributed by atoms with Crippen LogP contribution >= 0.6 is 11.6 Å². The molecule has 0 saturated heterocycles. The molecular formula is C11H10ClF5O2. The largest absolute Gasteiger partial charge is 0.573 e. The first-order valence-electron chi connectivity index (χ1n) is 5.22. The molecule has 0 atom stereocenters. The number of rotatable bonds is 6. The van der Waals surface area contributed by atoms with E-state index < -0.39 is 18.7 Å². The van der Waals surface area contributed by atoms with Gasteiger partial charge in [0.2, 0.25) is 0 Å². The van der Waals surface area contributed by atoms with E-state index in [1.54, 1.807) is 0 Å². The fraction of sp³-hybridized carbons (Fsp3) is 0.455. The fourth-order valence-corrected chi connectivity index (χ4v) is 1.60. The van der Waals surface area contributed by atoms with E-state index >= 15 is 0 Å². The van der Waals surface area contributed by atoms with E-state index in [1.165, 1.54) is 0 Å². The highest BCUT2D eigenvalue weighted by atomic mass is 35.5. The van der Waals surface area contributed by atoms with Crippen LogP contribution in [-0.2, 0) is 6.42 Å². The maximum atomic E-state index is 12.2. The predicted molar refractivity (Wildman–Crippen MR) is 58.8 cm³/mol. The van der Waals surface area contributed by atoms with Crippen molar-refractivity contribution in [3.8, 4) is 11.5 Å². The van der Waals surface area contributed by atoms with Crippen molar-refractivity contribution in [1.29, 1.82) is 0 Å². The van der Waals surface area contributed by atoms with Gasteiger partial charge in [-0.1, -0.05) is 6.07 Å². The minimum atomic E-state index is -4.90. The lowest BCUT2D eigenvalue weighted by Gasteiger charge is -2.16. The molecule has 0 saturated carbocycles. The Labute approximate surface area is 111 Å². The van der Waals surface area contributed by atoms with Crippen LogP contribution in [0.5, 0.6) is 11.5 Å². The summed E-state index contributed by atoms with van der Waals surface area (Å²) in [7, 11) is 0. The molecule has 108 valence electrons. The van der Waals surface area contributed by atoms with Crippen LogP contribution in [0.15, 0.2) is 18.2 Å². The van der Waals surface area contributed by atoms with E-state index in [0.29, 0.717) is 6.42 Å². The van der Waals surface area contributed by atoms with E-state index in [-0.39, 0.29) is 23.6 Å². The van der Waals surface area contributed by atoms with Gasteiger partial charge in [-0.25, -0.2) is 0 Å². The third-order valence-corrected chi connectivity index (χ3v) is 2.36. The van der Waals surface area contributed by atoms with E-state index in [9.17, 15) is 22.0 Å². The quantitative estimate of drug-likeness (QED) is 0.574. The minimum Gasteiger partial charge on any atom is -0.434 e. The van der Waals surface area contributed by atoms with Gasteiger partial charge in [0, 0.05) is 11.4 Å². The maximum Gasteiger partial charge on any atom is 0.573 e. The number of ether oxygens (including phenoxy) is 2. The summed E-state index contributed by atoms with van der Waals surface area (Å²) in [6.45, 7) is -3.13. The van der Waals surface area contributed by atoms with Crippen molar-refractivity contribution in [2.75, 3.05) is 5.88 Å². The highest BCUT2D eigenvalue weighted by Gasteiger charge is 2.32. The zero-order valence-electron chi connectivity index (χ0n) is 9.52. The van der Waals surface area contributed by atoms with Crippen LogP contribution in [0, 0.1) is 0 Å². The van der Waals surface area contributed by atoms with E-state index in [1.807, 2.05) is 0 Å². The summed E-state index contributed by atoms with van der Waals surface area (Å²) in [6, 6.07) is 3.33. The molecule has 19 heavy (non-hydrogen) atoms. The number of alkyl halides is 6. The van der Waals surface area contributed by atoms with Crippen LogP contribution in [0.4, 0.5) is 22.0 Å². The summed E-state index contributed by atoms with van der Waals surface area (Å²) in [4.78, 5) is 0. The number of hydrogen-bond donors (Lipinski definition) is 0. The van der Waals surface area contributed by atoms with Crippen molar-refractivity contribution in [2.24, 2.45) is 0 Å². The second-order valence-electron chi connectivity index (χ2n) is 3.45. The molecule has 1 rings (SSSR count). The Balaban J connectivity index is 3.06. The van der Waals surface area contributed by atoms with Crippen LogP contribution < -0.4 is 9.47 Å². The van der Waals surface area contributed by atoms with Gasteiger partial charge < -0.3 is 9.47 Å². The molecule has 0 aliphatic heterocycles. The molecule has 0 radical (unpaired) electrons. The molecule has 2 nitrogen and oxygen atoms in total. The first kappa shape index (κ1) is 15.8. The smallest absolute Gasteiger partial charge is 0.434 e. The molecule has 1 aromatic carbocycles. The second kappa shape index (κ2) is 6.79. The number of hydrogen-bond acceptors (Lipinski definition) is 2. The van der Waals surface area contributed by atoms with Gasteiger partial charge in [0.1, 0.15) is 11.5 Å². The lowest BCUT2D eigenvalue weighted by molar-refractivity contribution is -0.274. The van der Waals surface area contributed by atoms with Crippen molar-refractivity contribution in [2.45, 2.75) is 25.8 Å². The normalized spacial score (nSPS) is 11.7. The second-order valence-corrected chi connectivity index (χ2v) is 3.83. The van der Waals surface area contributed by atoms with Gasteiger partial charge in [0.15, 0.2) is 0 Å². The summed E-state index contributed by atoms with van der Waals surface area (Å²) in [5, 5.41) is 0. The highest BCUT2D eigenvalue weighted by molar-refractivity contribution is 6.17. The molecule has 0 heterocycles. The Hall–Kier alpha value is -1.24. The van der Waals surface area contributed by atoms with Crippen molar-refractivity contribution < 1.29 is 31.4 Å². The van der Waals surface area contributed by atoms with Crippen molar-refractivity contribution in [3.63, 3.8) is 0 Å². The Bertz CT molecular complexity index is 409. The van der Waals surface area contributed by atoms with Crippen LogP contribution in [0.1, 0.15) is 12.0 Å². The zero-order valence-corrected chi connectivity index (χ0v) is 10.3. The molecule has 0 fully saturated rings. The summed E-state index contributed by atoms with van der Waals surface area (Å²) in [6.07, 6.45) is -4.56. The zero-order chi connectivity index (χ0) is 14.5. The first-order chi connectivity index (χ1) is 8.83. The van der Waals surface area contributed by atoms with Gasteiger partial charge in [0.05, 0.1) is 0 Å². The molecule has 0 N–H and O–H groups in total. The van der Waals surface area contributed by atoms with E-state index in [0.717, 1.165) is 18.2 Å². The van der Waals surface area contributed by atoms with Gasteiger partial charge >= 0.3 is 13.0 Å². The average Bonchev–Trinajstić information content (AvgIpc) is 2.25. The SMILES string of the molecule is FC(F)Oc1cccc(OC(F)(F)F)c1CCCCl. The average molecular weight is 305 g/mol. The van der Waals surface area contributed by atoms with Crippen molar-refractivity contribution in [1.82, 2.24) is 0 Å².